The molecule has 2 rings (SSSR count). The summed E-state index contributed by atoms with van der Waals surface area (Å²) >= 11 is 0. The molecule has 18 heavy (non-hydrogen) atoms. The van der Waals surface area contributed by atoms with Crippen molar-refractivity contribution in [2.75, 3.05) is 11.1 Å². The predicted molar refractivity (Wildman–Crippen MR) is 64.0 cm³/mol. The van der Waals surface area contributed by atoms with E-state index in [-0.39, 0.29) is 17.7 Å². The number of furan rings is 1. The Balaban J connectivity index is 2.21. The van der Waals surface area contributed by atoms with Crippen LogP contribution < -0.4 is 11.1 Å². The fourth-order valence-corrected chi connectivity index (χ4v) is 1.54. The van der Waals surface area contributed by atoms with E-state index in [9.17, 15) is 8.78 Å². The Kier molecular flexibility index (Phi) is 3.18. The van der Waals surface area contributed by atoms with E-state index in [1.54, 1.807) is 19.1 Å². The van der Waals surface area contributed by atoms with Gasteiger partial charge in [0.15, 0.2) is 23.3 Å². The van der Waals surface area contributed by atoms with Crippen LogP contribution in [0.2, 0.25) is 0 Å². The molecule has 2 heterocycles. The average molecular weight is 253 g/mol. The van der Waals surface area contributed by atoms with E-state index in [0.29, 0.717) is 11.8 Å². The number of aryl methyl sites for hydroxylation is 1. The molecule has 0 aliphatic rings. The Morgan fingerprint density at radius 3 is 2.67 bits per heavy atom. The number of nitrogens with one attached hydrogen (secondary N) is 1. The van der Waals surface area contributed by atoms with Crippen LogP contribution in [-0.4, -0.2) is 4.98 Å². The van der Waals surface area contributed by atoms with Crippen molar-refractivity contribution >= 4 is 11.6 Å². The number of nitrogens with two attached hydrogens (primary N) is 1. The van der Waals surface area contributed by atoms with E-state index in [1.165, 1.54) is 0 Å². The molecular formula is C12H13F2N3O. The summed E-state index contributed by atoms with van der Waals surface area (Å²) in [6.45, 7) is 3.59. The van der Waals surface area contributed by atoms with E-state index in [2.05, 4.69) is 10.3 Å². The molecule has 0 saturated heterocycles. The largest absolute Gasteiger partial charge is 0.464 e. The van der Waals surface area contributed by atoms with Gasteiger partial charge >= 0.3 is 0 Å². The summed E-state index contributed by atoms with van der Waals surface area (Å²) in [5.74, 6) is -0.726. The minimum atomic E-state index is -0.875. The van der Waals surface area contributed by atoms with E-state index in [1.807, 2.05) is 6.92 Å². The van der Waals surface area contributed by atoms with E-state index < -0.39 is 11.6 Å². The normalized spacial score (nSPS) is 12.4. The highest BCUT2D eigenvalue weighted by atomic mass is 19.1. The van der Waals surface area contributed by atoms with Crippen LogP contribution in [0, 0.1) is 18.6 Å². The number of nitrogen functional groups attached to an aromatic ring is 1. The summed E-state index contributed by atoms with van der Waals surface area (Å²) in [4.78, 5) is 3.62. The summed E-state index contributed by atoms with van der Waals surface area (Å²) in [6.07, 6.45) is 0. The molecule has 0 spiro atoms. The number of hydrogen-bond donors (Lipinski definition) is 2. The summed E-state index contributed by atoms with van der Waals surface area (Å²) in [5, 5.41) is 2.78. The van der Waals surface area contributed by atoms with Gasteiger partial charge < -0.3 is 15.5 Å². The van der Waals surface area contributed by atoms with Crippen LogP contribution in [-0.2, 0) is 0 Å². The molecular weight excluding hydrogens is 240 g/mol. The zero-order chi connectivity index (χ0) is 13.3. The molecule has 6 heteroatoms. The standard InChI is InChI=1S/C12H13F2N3O/c1-6-3-4-10(18-6)7(2)16-12-9(14)5-8(13)11(15)17-12/h3-5,7H,1-2H3,(H3,15,16,17). The van der Waals surface area contributed by atoms with Crippen molar-refractivity contribution in [1.29, 1.82) is 0 Å². The second-order valence-electron chi connectivity index (χ2n) is 4.00. The fourth-order valence-electron chi connectivity index (χ4n) is 1.54. The van der Waals surface area contributed by atoms with Gasteiger partial charge in [-0.3, -0.25) is 0 Å². The molecule has 96 valence electrons. The summed E-state index contributed by atoms with van der Waals surface area (Å²) in [5.41, 5.74) is 5.29. The Labute approximate surface area is 103 Å². The second kappa shape index (κ2) is 4.64. The molecule has 0 fully saturated rings. The van der Waals surface area contributed by atoms with Gasteiger partial charge in [-0.05, 0) is 26.0 Å². The summed E-state index contributed by atoms with van der Waals surface area (Å²) < 4.78 is 31.8. The lowest BCUT2D eigenvalue weighted by Gasteiger charge is -2.13. The van der Waals surface area contributed by atoms with Gasteiger partial charge in [0, 0.05) is 6.07 Å². The van der Waals surface area contributed by atoms with Crippen molar-refractivity contribution in [2.24, 2.45) is 0 Å². The van der Waals surface area contributed by atoms with Crippen LogP contribution in [0.1, 0.15) is 24.5 Å². The van der Waals surface area contributed by atoms with Gasteiger partial charge in [0.25, 0.3) is 0 Å². The van der Waals surface area contributed by atoms with Gasteiger partial charge in [-0.15, -0.1) is 0 Å². The van der Waals surface area contributed by atoms with Crippen molar-refractivity contribution in [3.63, 3.8) is 0 Å². The molecule has 0 aromatic carbocycles. The molecule has 0 bridgehead atoms. The number of rotatable bonds is 3. The van der Waals surface area contributed by atoms with E-state index >= 15 is 0 Å². The van der Waals surface area contributed by atoms with Crippen LogP contribution in [0.25, 0.3) is 0 Å². The SMILES string of the molecule is Cc1ccc(C(C)Nc2nc(N)c(F)cc2F)o1. The number of anilines is 2. The predicted octanol–water partition coefficient (Wildman–Crippen LogP) is 3.02. The van der Waals surface area contributed by atoms with E-state index in [4.69, 9.17) is 10.2 Å². The van der Waals surface area contributed by atoms with Crippen LogP contribution in [0.4, 0.5) is 20.4 Å². The third kappa shape index (κ3) is 2.42. The molecule has 0 saturated carbocycles. The maximum atomic E-state index is 13.5. The fraction of sp³-hybridized carbons (Fsp3) is 0.250. The number of nitrogens with zero attached hydrogens (tertiary/aromatic N) is 1. The number of pyridine rings is 1. The van der Waals surface area contributed by atoms with Crippen molar-refractivity contribution in [2.45, 2.75) is 19.9 Å². The maximum Gasteiger partial charge on any atom is 0.168 e. The molecule has 1 atom stereocenters. The van der Waals surface area contributed by atoms with Gasteiger partial charge in [0.05, 0.1) is 6.04 Å². The molecule has 4 nitrogen and oxygen atoms in total. The van der Waals surface area contributed by atoms with Crippen molar-refractivity contribution in [3.8, 4) is 0 Å². The lowest BCUT2D eigenvalue weighted by atomic mass is 10.2. The van der Waals surface area contributed by atoms with Gasteiger partial charge in [-0.25, -0.2) is 13.8 Å². The molecule has 2 aromatic rings. The molecule has 0 amide bonds. The van der Waals surface area contributed by atoms with Crippen LogP contribution >= 0.6 is 0 Å². The summed E-state index contributed by atoms with van der Waals surface area (Å²) in [6, 6.07) is 3.98. The Hall–Kier alpha value is -2.11. The maximum absolute atomic E-state index is 13.5. The highest BCUT2D eigenvalue weighted by Crippen LogP contribution is 2.23. The topological polar surface area (TPSA) is 64.1 Å². The van der Waals surface area contributed by atoms with Crippen molar-refractivity contribution < 1.29 is 13.2 Å². The average Bonchev–Trinajstić information content (AvgIpc) is 2.73. The molecule has 3 N–H and O–H groups in total. The number of aromatic nitrogens is 1. The first kappa shape index (κ1) is 12.3. The first-order valence-electron chi connectivity index (χ1n) is 5.41. The van der Waals surface area contributed by atoms with Gasteiger partial charge in [-0.2, -0.15) is 0 Å². The Morgan fingerprint density at radius 2 is 2.06 bits per heavy atom. The second-order valence-corrected chi connectivity index (χ2v) is 4.00. The minimum Gasteiger partial charge on any atom is -0.464 e. The zero-order valence-corrected chi connectivity index (χ0v) is 10.00. The highest BCUT2D eigenvalue weighted by molar-refractivity contribution is 5.45. The van der Waals surface area contributed by atoms with Crippen molar-refractivity contribution in [1.82, 2.24) is 4.98 Å². The van der Waals surface area contributed by atoms with Crippen LogP contribution in [0.5, 0.6) is 0 Å². The van der Waals surface area contributed by atoms with Crippen LogP contribution in [0.15, 0.2) is 22.6 Å². The highest BCUT2D eigenvalue weighted by Gasteiger charge is 2.15. The molecule has 2 aromatic heterocycles. The molecule has 0 aliphatic heterocycles. The van der Waals surface area contributed by atoms with E-state index in [0.717, 1.165) is 5.76 Å². The minimum absolute atomic E-state index is 0.101. The lowest BCUT2D eigenvalue weighted by Crippen LogP contribution is -2.10. The van der Waals surface area contributed by atoms with Crippen molar-refractivity contribution in [3.05, 3.63) is 41.4 Å². The van der Waals surface area contributed by atoms with Gasteiger partial charge in [0.2, 0.25) is 0 Å². The first-order chi connectivity index (χ1) is 8.47. The quantitative estimate of drug-likeness (QED) is 0.882. The van der Waals surface area contributed by atoms with Gasteiger partial charge in [-0.1, -0.05) is 0 Å². The third-order valence-electron chi connectivity index (χ3n) is 2.50. The Bertz CT molecular complexity index is 568. The van der Waals surface area contributed by atoms with Gasteiger partial charge in [0.1, 0.15) is 11.5 Å². The Morgan fingerprint density at radius 1 is 1.33 bits per heavy atom. The number of hydrogen-bond acceptors (Lipinski definition) is 4. The number of halogens is 2. The lowest BCUT2D eigenvalue weighted by molar-refractivity contribution is 0.465. The monoisotopic (exact) mass is 253 g/mol. The smallest absolute Gasteiger partial charge is 0.168 e. The molecule has 0 aliphatic carbocycles. The molecule has 1 unspecified atom stereocenters. The molecule has 0 radical (unpaired) electrons. The first-order valence-corrected chi connectivity index (χ1v) is 5.41. The third-order valence-corrected chi connectivity index (χ3v) is 2.50. The summed E-state index contributed by atoms with van der Waals surface area (Å²) in [7, 11) is 0. The van der Waals surface area contributed by atoms with Crippen LogP contribution in [0.3, 0.4) is 0 Å². The zero-order valence-electron chi connectivity index (χ0n) is 10.00.